The monoisotopic (exact) mass is 168 g/mol. The van der Waals surface area contributed by atoms with Gasteiger partial charge in [0, 0.05) is 6.04 Å². The van der Waals surface area contributed by atoms with Crippen molar-refractivity contribution >= 4 is 15.3 Å². The van der Waals surface area contributed by atoms with Gasteiger partial charge in [0.05, 0.1) is 9.52 Å². The molecule has 0 unspecified atom stereocenters. The van der Waals surface area contributed by atoms with Crippen LogP contribution in [0, 0.1) is 0 Å². The fourth-order valence-corrected chi connectivity index (χ4v) is 1.49. The third-order valence-electron chi connectivity index (χ3n) is 1.26. The minimum Gasteiger partial charge on any atom is -0.295 e. The number of allylic oxidation sites excluding steroid dienone is 1. The van der Waals surface area contributed by atoms with Crippen molar-refractivity contribution in [1.82, 2.24) is 0 Å². The van der Waals surface area contributed by atoms with Gasteiger partial charge in [-0.05, 0) is 17.5 Å². The van der Waals surface area contributed by atoms with Crippen LogP contribution < -0.4 is 0 Å². The van der Waals surface area contributed by atoms with Crippen molar-refractivity contribution in [3.05, 3.63) is 12.2 Å². The van der Waals surface area contributed by atoms with Crippen molar-refractivity contribution in [3.8, 4) is 0 Å². The van der Waals surface area contributed by atoms with E-state index in [-0.39, 0.29) is 10.8 Å². The molecule has 0 saturated carbocycles. The molecule has 0 aromatic rings. The van der Waals surface area contributed by atoms with Gasteiger partial charge in [0.25, 0.3) is 0 Å². The van der Waals surface area contributed by atoms with Crippen LogP contribution in [-0.2, 0) is 4.79 Å². The second-order valence-electron chi connectivity index (χ2n) is 3.81. The normalized spacial score (nSPS) is 11.3. The lowest BCUT2D eigenvalue weighted by Crippen LogP contribution is -2.12. The first kappa shape index (κ1) is 10.6. The van der Waals surface area contributed by atoms with Crippen LogP contribution in [0.3, 0.4) is 0 Å². The van der Waals surface area contributed by atoms with Crippen LogP contribution >= 0.6 is 0 Å². The first-order valence-electron chi connectivity index (χ1n) is 3.76. The maximum absolute atomic E-state index is 11.1. The highest BCUT2D eigenvalue weighted by atomic mass is 28.2. The summed E-state index contributed by atoms with van der Waals surface area (Å²) in [6.45, 7) is 11.8. The largest absolute Gasteiger partial charge is 0.295 e. The van der Waals surface area contributed by atoms with Crippen molar-refractivity contribution in [2.45, 2.75) is 38.8 Å². The molecule has 0 heterocycles. The average Bonchev–Trinajstić information content (AvgIpc) is 1.80. The Balaban J connectivity index is 3.73. The summed E-state index contributed by atoms with van der Waals surface area (Å²) in [6, 6.07) is 0.666. The molecule has 0 bridgehead atoms. The summed E-state index contributed by atoms with van der Waals surface area (Å²) in [6.07, 6.45) is 0. The number of hydrogen-bond donors (Lipinski definition) is 0. The van der Waals surface area contributed by atoms with Crippen LogP contribution in [0.25, 0.3) is 0 Å². The van der Waals surface area contributed by atoms with Crippen LogP contribution in [0.1, 0.15) is 27.7 Å². The minimum absolute atomic E-state index is 0.207. The maximum Gasteiger partial charge on any atom is 0.154 e. The fraction of sp³-hybridized carbons (Fsp3) is 0.667. The summed E-state index contributed by atoms with van der Waals surface area (Å²) in [5.41, 5.74) is 0.682. The third-order valence-corrected chi connectivity index (χ3v) is 2.81. The highest BCUT2D eigenvalue weighted by Gasteiger charge is 2.13. The van der Waals surface area contributed by atoms with Gasteiger partial charge in [0.15, 0.2) is 5.78 Å². The standard InChI is InChI=1S/C9H16OSi/c1-7(2)8(10)6-11-9(3,4)5/h1,6H2,2-5H3. The Bertz CT molecular complexity index is 165. The molecule has 0 spiro atoms. The summed E-state index contributed by atoms with van der Waals surface area (Å²) < 4.78 is 0. The van der Waals surface area contributed by atoms with Gasteiger partial charge in [0.2, 0.25) is 0 Å². The summed E-state index contributed by atoms with van der Waals surface area (Å²) in [4.78, 5) is 11.1. The van der Waals surface area contributed by atoms with Crippen molar-refractivity contribution in [2.24, 2.45) is 0 Å². The Morgan fingerprint density at radius 1 is 1.45 bits per heavy atom. The van der Waals surface area contributed by atoms with E-state index in [1.54, 1.807) is 6.92 Å². The number of carbonyl (C=O) groups excluding carboxylic acids is 1. The quantitative estimate of drug-likeness (QED) is 0.467. The number of hydrogen-bond acceptors (Lipinski definition) is 1. The lowest BCUT2D eigenvalue weighted by Gasteiger charge is -2.15. The van der Waals surface area contributed by atoms with E-state index in [2.05, 4.69) is 27.4 Å². The molecule has 62 valence electrons. The van der Waals surface area contributed by atoms with Crippen LogP contribution in [0.2, 0.25) is 11.1 Å². The molecule has 2 radical (unpaired) electrons. The predicted octanol–water partition coefficient (Wildman–Crippen LogP) is 2.47. The Morgan fingerprint density at radius 3 is 2.18 bits per heavy atom. The molecule has 0 atom stereocenters. The SMILES string of the molecule is C=C(C)C(=O)C[Si]C(C)(C)C. The molecule has 11 heavy (non-hydrogen) atoms. The first-order valence-corrected chi connectivity index (χ1v) is 4.97. The zero-order valence-electron chi connectivity index (χ0n) is 7.82. The lowest BCUT2D eigenvalue weighted by molar-refractivity contribution is -0.113. The molecule has 0 aliphatic rings. The van der Waals surface area contributed by atoms with Crippen molar-refractivity contribution in [2.75, 3.05) is 0 Å². The first-order chi connectivity index (χ1) is 4.83. The Kier molecular flexibility index (Phi) is 3.73. The van der Waals surface area contributed by atoms with Crippen LogP contribution in [0.4, 0.5) is 0 Å². The molecule has 2 heteroatoms. The van der Waals surface area contributed by atoms with Gasteiger partial charge >= 0.3 is 0 Å². The molecule has 1 nitrogen and oxygen atoms in total. The second kappa shape index (κ2) is 3.86. The Hall–Kier alpha value is -0.373. The second-order valence-corrected chi connectivity index (χ2v) is 6.01. The Labute approximate surface area is 71.7 Å². The predicted molar refractivity (Wildman–Crippen MR) is 50.1 cm³/mol. The maximum atomic E-state index is 11.1. The van der Waals surface area contributed by atoms with Crippen molar-refractivity contribution in [3.63, 3.8) is 0 Å². The van der Waals surface area contributed by atoms with Crippen molar-refractivity contribution in [1.29, 1.82) is 0 Å². The minimum atomic E-state index is 0.207. The van der Waals surface area contributed by atoms with E-state index in [0.29, 0.717) is 21.1 Å². The average molecular weight is 168 g/mol. The number of carbonyl (C=O) groups is 1. The molecule has 0 aromatic carbocycles. The van der Waals surface area contributed by atoms with E-state index < -0.39 is 0 Å². The van der Waals surface area contributed by atoms with E-state index in [1.807, 2.05) is 0 Å². The van der Waals surface area contributed by atoms with Crippen molar-refractivity contribution < 1.29 is 4.79 Å². The van der Waals surface area contributed by atoms with Gasteiger partial charge in [-0.3, -0.25) is 4.79 Å². The molecular weight excluding hydrogens is 152 g/mol. The van der Waals surface area contributed by atoms with Gasteiger partial charge < -0.3 is 0 Å². The smallest absolute Gasteiger partial charge is 0.154 e. The molecular formula is C9H16OSi. The molecule has 0 N–H and O–H groups in total. The molecule has 0 aromatic heterocycles. The topological polar surface area (TPSA) is 17.1 Å². The van der Waals surface area contributed by atoms with Crippen LogP contribution in [0.5, 0.6) is 0 Å². The van der Waals surface area contributed by atoms with Gasteiger partial charge in [-0.15, -0.1) is 0 Å². The molecule has 0 aliphatic heterocycles. The van der Waals surface area contributed by atoms with E-state index >= 15 is 0 Å². The highest BCUT2D eigenvalue weighted by Crippen LogP contribution is 2.21. The molecule has 0 saturated heterocycles. The summed E-state index contributed by atoms with van der Waals surface area (Å²) in [5.74, 6) is 0.207. The lowest BCUT2D eigenvalue weighted by atomic mass is 10.2. The molecule has 0 amide bonds. The highest BCUT2D eigenvalue weighted by molar-refractivity contribution is 6.46. The van der Waals surface area contributed by atoms with Gasteiger partial charge in [-0.2, -0.15) is 0 Å². The van der Waals surface area contributed by atoms with Gasteiger partial charge in [-0.1, -0.05) is 27.4 Å². The number of ketones is 1. The molecule has 0 fully saturated rings. The number of Topliss-reactive ketones (excluding diaryl/α,β-unsaturated/α-hetero) is 1. The van der Waals surface area contributed by atoms with E-state index in [1.165, 1.54) is 0 Å². The van der Waals surface area contributed by atoms with E-state index in [0.717, 1.165) is 0 Å². The molecule has 0 rings (SSSR count). The zero-order chi connectivity index (χ0) is 9.07. The van der Waals surface area contributed by atoms with E-state index in [4.69, 9.17) is 0 Å². The zero-order valence-corrected chi connectivity index (χ0v) is 8.82. The summed E-state index contributed by atoms with van der Waals surface area (Å²) in [5, 5.41) is 0.283. The van der Waals surface area contributed by atoms with Gasteiger partial charge in [-0.25, -0.2) is 0 Å². The fourth-order valence-electron chi connectivity index (χ4n) is 0.496. The Morgan fingerprint density at radius 2 is 1.91 bits per heavy atom. The van der Waals surface area contributed by atoms with Crippen LogP contribution in [0.15, 0.2) is 12.2 Å². The molecule has 0 aliphatic carbocycles. The van der Waals surface area contributed by atoms with E-state index in [9.17, 15) is 4.79 Å². The summed E-state index contributed by atoms with van der Waals surface area (Å²) in [7, 11) is 0.704. The van der Waals surface area contributed by atoms with Crippen LogP contribution in [-0.4, -0.2) is 15.3 Å². The van der Waals surface area contributed by atoms with Gasteiger partial charge in [0.1, 0.15) is 0 Å². The summed E-state index contributed by atoms with van der Waals surface area (Å²) >= 11 is 0. The third kappa shape index (κ3) is 6.04. The number of rotatable bonds is 3.